The zero-order chi connectivity index (χ0) is 12.1. The molecule has 1 aromatic rings. The number of rotatable bonds is 5. The second-order valence-electron chi connectivity index (χ2n) is 3.75. The fourth-order valence-corrected chi connectivity index (χ4v) is 1.60. The SMILES string of the molecule is CC(C)[C@H](N)C(=O)NCC(=O)c1nccs1. The van der Waals surface area contributed by atoms with Crippen molar-refractivity contribution in [2.45, 2.75) is 19.9 Å². The maximum absolute atomic E-state index is 11.5. The van der Waals surface area contributed by atoms with Crippen LogP contribution >= 0.6 is 11.3 Å². The summed E-state index contributed by atoms with van der Waals surface area (Å²) in [5, 5.41) is 4.62. The number of hydrogen-bond acceptors (Lipinski definition) is 5. The molecule has 16 heavy (non-hydrogen) atoms. The number of ketones is 1. The molecule has 1 amide bonds. The monoisotopic (exact) mass is 241 g/mol. The van der Waals surface area contributed by atoms with E-state index in [0.717, 1.165) is 0 Å². The lowest BCUT2D eigenvalue weighted by atomic mass is 10.1. The molecular weight excluding hydrogens is 226 g/mol. The molecule has 1 heterocycles. The van der Waals surface area contributed by atoms with Crippen molar-refractivity contribution < 1.29 is 9.59 Å². The zero-order valence-corrected chi connectivity index (χ0v) is 10.1. The van der Waals surface area contributed by atoms with Gasteiger partial charge in [0.15, 0.2) is 5.01 Å². The van der Waals surface area contributed by atoms with Gasteiger partial charge >= 0.3 is 0 Å². The number of aromatic nitrogens is 1. The van der Waals surface area contributed by atoms with Crippen LogP contribution in [0.15, 0.2) is 11.6 Å². The average Bonchev–Trinajstić information content (AvgIpc) is 2.77. The van der Waals surface area contributed by atoms with Crippen molar-refractivity contribution in [1.29, 1.82) is 0 Å². The molecule has 5 nitrogen and oxygen atoms in total. The molecule has 0 radical (unpaired) electrons. The maximum atomic E-state index is 11.5. The Morgan fingerprint density at radius 2 is 2.25 bits per heavy atom. The third kappa shape index (κ3) is 3.39. The van der Waals surface area contributed by atoms with Crippen molar-refractivity contribution in [3.05, 3.63) is 16.6 Å². The van der Waals surface area contributed by atoms with Gasteiger partial charge < -0.3 is 11.1 Å². The van der Waals surface area contributed by atoms with Gasteiger partial charge in [-0.3, -0.25) is 9.59 Å². The highest BCUT2D eigenvalue weighted by Crippen LogP contribution is 2.04. The molecule has 0 bridgehead atoms. The first-order valence-corrected chi connectivity index (χ1v) is 5.86. The van der Waals surface area contributed by atoms with Gasteiger partial charge in [-0.1, -0.05) is 13.8 Å². The van der Waals surface area contributed by atoms with Crippen LogP contribution in [-0.4, -0.2) is 29.3 Å². The summed E-state index contributed by atoms with van der Waals surface area (Å²) >= 11 is 1.25. The van der Waals surface area contributed by atoms with Crippen molar-refractivity contribution in [3.8, 4) is 0 Å². The smallest absolute Gasteiger partial charge is 0.237 e. The fourth-order valence-electron chi connectivity index (χ4n) is 1.02. The molecule has 0 aliphatic rings. The highest BCUT2D eigenvalue weighted by Gasteiger charge is 2.18. The Balaban J connectivity index is 2.41. The maximum Gasteiger partial charge on any atom is 0.237 e. The first kappa shape index (κ1) is 12.8. The molecule has 0 aromatic carbocycles. The van der Waals surface area contributed by atoms with E-state index in [4.69, 9.17) is 5.73 Å². The fraction of sp³-hybridized carbons (Fsp3) is 0.500. The van der Waals surface area contributed by atoms with Crippen molar-refractivity contribution >= 4 is 23.0 Å². The molecule has 0 aliphatic heterocycles. The Morgan fingerprint density at radius 3 is 2.75 bits per heavy atom. The van der Waals surface area contributed by atoms with Crippen molar-refractivity contribution in [3.63, 3.8) is 0 Å². The van der Waals surface area contributed by atoms with Crippen LogP contribution in [0.3, 0.4) is 0 Å². The van der Waals surface area contributed by atoms with Crippen LogP contribution in [0.25, 0.3) is 0 Å². The average molecular weight is 241 g/mol. The standard InChI is InChI=1S/C10H15N3O2S/c1-6(2)8(11)9(15)13-5-7(14)10-12-3-4-16-10/h3-4,6,8H,5,11H2,1-2H3,(H,13,15)/t8-/m0/s1. The molecule has 1 atom stereocenters. The summed E-state index contributed by atoms with van der Waals surface area (Å²) < 4.78 is 0. The van der Waals surface area contributed by atoms with E-state index in [1.54, 1.807) is 11.6 Å². The van der Waals surface area contributed by atoms with Gasteiger partial charge in [-0.15, -0.1) is 11.3 Å². The van der Waals surface area contributed by atoms with Crippen LogP contribution in [0.5, 0.6) is 0 Å². The van der Waals surface area contributed by atoms with E-state index in [1.807, 2.05) is 13.8 Å². The molecule has 0 aliphatic carbocycles. The second-order valence-corrected chi connectivity index (χ2v) is 4.64. The summed E-state index contributed by atoms with van der Waals surface area (Å²) in [6.07, 6.45) is 1.56. The first-order valence-electron chi connectivity index (χ1n) is 4.98. The molecule has 0 unspecified atom stereocenters. The largest absolute Gasteiger partial charge is 0.347 e. The Kier molecular flexibility index (Phi) is 4.57. The number of nitrogens with two attached hydrogens (primary N) is 1. The molecule has 88 valence electrons. The van der Waals surface area contributed by atoms with Crippen molar-refractivity contribution in [2.75, 3.05) is 6.54 Å². The number of nitrogens with one attached hydrogen (secondary N) is 1. The van der Waals surface area contributed by atoms with E-state index in [-0.39, 0.29) is 24.2 Å². The van der Waals surface area contributed by atoms with Gasteiger partial charge in [0, 0.05) is 11.6 Å². The van der Waals surface area contributed by atoms with E-state index < -0.39 is 6.04 Å². The predicted octanol–water partition coefficient (Wildman–Crippen LogP) is 0.425. The van der Waals surface area contributed by atoms with Crippen LogP contribution in [-0.2, 0) is 4.79 Å². The Bertz CT molecular complexity index is 362. The molecular formula is C10H15N3O2S. The van der Waals surface area contributed by atoms with Crippen LogP contribution in [0, 0.1) is 5.92 Å². The minimum absolute atomic E-state index is 0.0488. The molecule has 6 heteroatoms. The molecule has 1 aromatic heterocycles. The summed E-state index contributed by atoms with van der Waals surface area (Å²) in [7, 11) is 0. The van der Waals surface area contributed by atoms with Gasteiger partial charge in [0.05, 0.1) is 12.6 Å². The van der Waals surface area contributed by atoms with E-state index >= 15 is 0 Å². The lowest BCUT2D eigenvalue weighted by Gasteiger charge is -2.14. The van der Waals surface area contributed by atoms with Gasteiger partial charge in [0.2, 0.25) is 11.7 Å². The predicted molar refractivity (Wildman–Crippen MR) is 62.3 cm³/mol. The number of hydrogen-bond donors (Lipinski definition) is 2. The third-order valence-corrected chi connectivity index (χ3v) is 2.93. The van der Waals surface area contributed by atoms with Crippen LogP contribution in [0.2, 0.25) is 0 Å². The number of amides is 1. The summed E-state index contributed by atoms with van der Waals surface area (Å²) in [6, 6.07) is -0.580. The van der Waals surface area contributed by atoms with Gasteiger partial charge in [-0.05, 0) is 5.92 Å². The molecule has 0 saturated carbocycles. The number of thiazole rings is 1. The lowest BCUT2D eigenvalue weighted by Crippen LogP contribution is -2.45. The van der Waals surface area contributed by atoms with E-state index in [0.29, 0.717) is 5.01 Å². The number of carbonyl (C=O) groups is 2. The van der Waals surface area contributed by atoms with Gasteiger partial charge in [0.1, 0.15) is 0 Å². The van der Waals surface area contributed by atoms with E-state index in [9.17, 15) is 9.59 Å². The van der Waals surface area contributed by atoms with E-state index in [2.05, 4.69) is 10.3 Å². The Labute approximate surface area is 98.1 Å². The number of nitrogens with zero attached hydrogens (tertiary/aromatic N) is 1. The van der Waals surface area contributed by atoms with Crippen LogP contribution < -0.4 is 11.1 Å². The minimum atomic E-state index is -0.580. The number of carbonyl (C=O) groups excluding carboxylic acids is 2. The van der Waals surface area contributed by atoms with Crippen LogP contribution in [0.4, 0.5) is 0 Å². The molecule has 0 fully saturated rings. The summed E-state index contributed by atoms with van der Waals surface area (Å²) in [5.41, 5.74) is 5.63. The first-order chi connectivity index (χ1) is 7.52. The molecule has 0 saturated heterocycles. The highest BCUT2D eigenvalue weighted by molar-refractivity contribution is 7.11. The van der Waals surface area contributed by atoms with E-state index in [1.165, 1.54) is 11.3 Å². The normalized spacial score (nSPS) is 12.5. The lowest BCUT2D eigenvalue weighted by molar-refractivity contribution is -0.123. The minimum Gasteiger partial charge on any atom is -0.347 e. The molecule has 1 rings (SSSR count). The van der Waals surface area contributed by atoms with Crippen molar-refractivity contribution in [1.82, 2.24) is 10.3 Å². The Hall–Kier alpha value is -1.27. The van der Waals surface area contributed by atoms with Gasteiger partial charge in [-0.25, -0.2) is 4.98 Å². The zero-order valence-electron chi connectivity index (χ0n) is 9.27. The molecule has 3 N–H and O–H groups in total. The van der Waals surface area contributed by atoms with Gasteiger partial charge in [-0.2, -0.15) is 0 Å². The summed E-state index contributed by atoms with van der Waals surface area (Å²) in [4.78, 5) is 26.8. The third-order valence-electron chi connectivity index (χ3n) is 2.12. The molecule has 0 spiro atoms. The van der Waals surface area contributed by atoms with Gasteiger partial charge in [0.25, 0.3) is 0 Å². The highest BCUT2D eigenvalue weighted by atomic mass is 32.1. The Morgan fingerprint density at radius 1 is 1.56 bits per heavy atom. The number of Topliss-reactive ketones (excluding diaryl/α,β-unsaturated/α-hetero) is 1. The van der Waals surface area contributed by atoms with Crippen LogP contribution in [0.1, 0.15) is 23.6 Å². The topological polar surface area (TPSA) is 85.1 Å². The summed E-state index contributed by atoms with van der Waals surface area (Å²) in [6.45, 7) is 3.66. The summed E-state index contributed by atoms with van der Waals surface area (Å²) in [5.74, 6) is -0.450. The quantitative estimate of drug-likeness (QED) is 0.732. The second kappa shape index (κ2) is 5.72. The van der Waals surface area contributed by atoms with Crippen molar-refractivity contribution in [2.24, 2.45) is 11.7 Å².